The molecule has 1 aliphatic rings. The van der Waals surface area contributed by atoms with Gasteiger partial charge in [0.1, 0.15) is 4.88 Å². The molecule has 0 radical (unpaired) electrons. The first-order chi connectivity index (χ1) is 13.4. The van der Waals surface area contributed by atoms with E-state index in [9.17, 15) is 9.59 Å². The minimum absolute atomic E-state index is 0.0572. The summed E-state index contributed by atoms with van der Waals surface area (Å²) < 4.78 is 0. The van der Waals surface area contributed by atoms with E-state index < -0.39 is 0 Å². The van der Waals surface area contributed by atoms with Gasteiger partial charge in [0.05, 0.1) is 16.4 Å². The molecular formula is C20H20N4O2S2. The molecule has 0 fully saturated rings. The SMILES string of the molecule is CCc1sc(NC(=O)c2sc(C)nc2C)nc1-c1ccc2c(c1)CCC(=O)N2. The lowest BCUT2D eigenvalue weighted by Crippen LogP contribution is -2.18. The summed E-state index contributed by atoms with van der Waals surface area (Å²) in [5, 5.41) is 7.30. The maximum absolute atomic E-state index is 12.6. The van der Waals surface area contributed by atoms with Crippen LogP contribution in [0.2, 0.25) is 0 Å². The van der Waals surface area contributed by atoms with Gasteiger partial charge in [-0.15, -0.1) is 22.7 Å². The van der Waals surface area contributed by atoms with Crippen LogP contribution in [0.15, 0.2) is 18.2 Å². The van der Waals surface area contributed by atoms with Gasteiger partial charge in [0, 0.05) is 22.5 Å². The quantitative estimate of drug-likeness (QED) is 0.657. The van der Waals surface area contributed by atoms with Gasteiger partial charge in [-0.2, -0.15) is 0 Å². The lowest BCUT2D eigenvalue weighted by molar-refractivity contribution is -0.116. The number of nitrogens with one attached hydrogen (secondary N) is 2. The average molecular weight is 413 g/mol. The van der Waals surface area contributed by atoms with Crippen LogP contribution < -0.4 is 10.6 Å². The standard InChI is InChI=1S/C20H20N4O2S2/c1-4-15-17(13-5-7-14-12(9-13)6-8-16(25)22-14)23-20(28-15)24-19(26)18-10(2)21-11(3)27-18/h5,7,9H,4,6,8H2,1-3H3,(H,22,25)(H,23,24,26). The molecule has 0 bridgehead atoms. The lowest BCUT2D eigenvalue weighted by Gasteiger charge is -2.17. The monoisotopic (exact) mass is 412 g/mol. The highest BCUT2D eigenvalue weighted by Gasteiger charge is 2.20. The zero-order chi connectivity index (χ0) is 19.8. The van der Waals surface area contributed by atoms with Crippen molar-refractivity contribution in [1.29, 1.82) is 0 Å². The zero-order valence-corrected chi connectivity index (χ0v) is 17.5. The molecule has 0 atom stereocenters. The van der Waals surface area contributed by atoms with Crippen molar-refractivity contribution in [2.45, 2.75) is 40.0 Å². The van der Waals surface area contributed by atoms with Gasteiger partial charge < -0.3 is 5.32 Å². The van der Waals surface area contributed by atoms with Crippen LogP contribution in [0.4, 0.5) is 10.8 Å². The molecule has 0 unspecified atom stereocenters. The molecule has 0 saturated heterocycles. The third-order valence-electron chi connectivity index (χ3n) is 4.62. The summed E-state index contributed by atoms with van der Waals surface area (Å²) in [6.45, 7) is 5.82. The summed E-state index contributed by atoms with van der Waals surface area (Å²) >= 11 is 2.89. The summed E-state index contributed by atoms with van der Waals surface area (Å²) in [5.74, 6) is -0.110. The van der Waals surface area contributed by atoms with Gasteiger partial charge in [-0.05, 0) is 44.4 Å². The number of nitrogens with zero attached hydrogens (tertiary/aromatic N) is 2. The van der Waals surface area contributed by atoms with Crippen LogP contribution in [0.5, 0.6) is 0 Å². The maximum atomic E-state index is 12.6. The first-order valence-corrected chi connectivity index (χ1v) is 10.8. The number of carbonyl (C=O) groups excluding carboxylic acids is 2. The Hall–Kier alpha value is -2.58. The zero-order valence-electron chi connectivity index (χ0n) is 15.9. The average Bonchev–Trinajstić information content (AvgIpc) is 3.23. The van der Waals surface area contributed by atoms with Gasteiger partial charge in [0.2, 0.25) is 5.91 Å². The summed E-state index contributed by atoms with van der Waals surface area (Å²) in [4.78, 5) is 34.9. The number of anilines is 2. The van der Waals surface area contributed by atoms with Gasteiger partial charge in [0.25, 0.3) is 5.91 Å². The summed E-state index contributed by atoms with van der Waals surface area (Å²) in [7, 11) is 0. The van der Waals surface area contributed by atoms with E-state index in [4.69, 9.17) is 4.98 Å². The largest absolute Gasteiger partial charge is 0.326 e. The minimum atomic E-state index is -0.167. The Labute approximate surface area is 171 Å². The first kappa shape index (κ1) is 18.8. The van der Waals surface area contributed by atoms with E-state index >= 15 is 0 Å². The molecule has 1 aliphatic heterocycles. The number of hydrogen-bond donors (Lipinski definition) is 2. The molecule has 0 saturated carbocycles. The molecule has 2 N–H and O–H groups in total. The van der Waals surface area contributed by atoms with Gasteiger partial charge in [-0.25, -0.2) is 9.97 Å². The van der Waals surface area contributed by atoms with Crippen molar-refractivity contribution in [3.63, 3.8) is 0 Å². The van der Waals surface area contributed by atoms with E-state index in [-0.39, 0.29) is 11.8 Å². The van der Waals surface area contributed by atoms with Gasteiger partial charge in [-0.3, -0.25) is 14.9 Å². The van der Waals surface area contributed by atoms with Gasteiger partial charge in [0.15, 0.2) is 5.13 Å². The smallest absolute Gasteiger partial charge is 0.269 e. The molecule has 8 heteroatoms. The predicted octanol–water partition coefficient (Wildman–Crippen LogP) is 4.58. The fraction of sp³-hybridized carbons (Fsp3) is 0.300. The summed E-state index contributed by atoms with van der Waals surface area (Å²) in [6, 6.07) is 5.99. The molecule has 2 aromatic heterocycles. The number of amides is 2. The van der Waals surface area contributed by atoms with Crippen molar-refractivity contribution >= 4 is 45.3 Å². The van der Waals surface area contributed by atoms with Crippen LogP contribution in [0.25, 0.3) is 11.3 Å². The van der Waals surface area contributed by atoms with Crippen molar-refractivity contribution in [3.05, 3.63) is 44.2 Å². The highest BCUT2D eigenvalue weighted by molar-refractivity contribution is 7.16. The van der Waals surface area contributed by atoms with Crippen LogP contribution in [0.1, 0.15) is 44.2 Å². The Morgan fingerprint density at radius 2 is 2.04 bits per heavy atom. The van der Waals surface area contributed by atoms with Crippen LogP contribution in [0.3, 0.4) is 0 Å². The van der Waals surface area contributed by atoms with Crippen LogP contribution >= 0.6 is 22.7 Å². The van der Waals surface area contributed by atoms with E-state index in [0.29, 0.717) is 16.4 Å². The fourth-order valence-electron chi connectivity index (χ4n) is 3.30. The lowest BCUT2D eigenvalue weighted by atomic mass is 9.99. The molecule has 2 amide bonds. The Morgan fingerprint density at radius 1 is 1.21 bits per heavy atom. The highest BCUT2D eigenvalue weighted by Crippen LogP contribution is 2.35. The van der Waals surface area contributed by atoms with E-state index in [1.165, 1.54) is 22.7 Å². The molecule has 3 aromatic rings. The molecule has 4 rings (SSSR count). The molecule has 6 nitrogen and oxygen atoms in total. The Balaban J connectivity index is 1.63. The minimum Gasteiger partial charge on any atom is -0.326 e. The topological polar surface area (TPSA) is 84.0 Å². The van der Waals surface area contributed by atoms with E-state index in [1.807, 2.05) is 26.0 Å². The number of benzene rings is 1. The number of thiazole rings is 2. The molecule has 1 aromatic carbocycles. The number of aromatic nitrogens is 2. The highest BCUT2D eigenvalue weighted by atomic mass is 32.1. The Bertz CT molecular complexity index is 1080. The van der Waals surface area contributed by atoms with E-state index in [2.05, 4.69) is 28.6 Å². The second kappa shape index (κ2) is 7.44. The van der Waals surface area contributed by atoms with Crippen molar-refractivity contribution in [3.8, 4) is 11.3 Å². The van der Waals surface area contributed by atoms with Crippen molar-refractivity contribution in [2.75, 3.05) is 10.6 Å². The van der Waals surface area contributed by atoms with Gasteiger partial charge in [-0.1, -0.05) is 13.0 Å². The normalized spacial score (nSPS) is 13.2. The number of aryl methyl sites for hydroxylation is 4. The number of fused-ring (bicyclic) bond motifs is 1. The fourth-order valence-corrected chi connectivity index (χ4v) is 5.03. The molecule has 0 aliphatic carbocycles. The van der Waals surface area contributed by atoms with Crippen LogP contribution in [0, 0.1) is 13.8 Å². The number of hydrogen-bond acceptors (Lipinski definition) is 6. The summed E-state index contributed by atoms with van der Waals surface area (Å²) in [5.41, 5.74) is 4.63. The molecular weight excluding hydrogens is 392 g/mol. The third-order valence-corrected chi connectivity index (χ3v) is 6.81. The van der Waals surface area contributed by atoms with Crippen molar-refractivity contribution < 1.29 is 9.59 Å². The van der Waals surface area contributed by atoms with Crippen molar-refractivity contribution in [1.82, 2.24) is 9.97 Å². The van der Waals surface area contributed by atoms with Gasteiger partial charge >= 0.3 is 0 Å². The second-order valence-electron chi connectivity index (χ2n) is 6.67. The van der Waals surface area contributed by atoms with Crippen LogP contribution in [-0.4, -0.2) is 21.8 Å². The first-order valence-electron chi connectivity index (χ1n) is 9.12. The molecule has 28 heavy (non-hydrogen) atoms. The third kappa shape index (κ3) is 3.57. The van der Waals surface area contributed by atoms with E-state index in [1.54, 1.807) is 0 Å². The Kier molecular flexibility index (Phi) is 4.99. The molecule has 144 valence electrons. The summed E-state index contributed by atoms with van der Waals surface area (Å²) in [6.07, 6.45) is 2.06. The number of carbonyl (C=O) groups is 2. The molecule has 3 heterocycles. The number of rotatable bonds is 4. The van der Waals surface area contributed by atoms with Crippen LogP contribution in [-0.2, 0) is 17.6 Å². The van der Waals surface area contributed by atoms with Crippen molar-refractivity contribution in [2.24, 2.45) is 0 Å². The second-order valence-corrected chi connectivity index (χ2v) is 8.95. The Morgan fingerprint density at radius 3 is 2.75 bits per heavy atom. The predicted molar refractivity (Wildman–Crippen MR) is 113 cm³/mol. The van der Waals surface area contributed by atoms with E-state index in [0.717, 1.165) is 50.9 Å². The maximum Gasteiger partial charge on any atom is 0.269 e. The molecule has 0 spiro atoms.